The van der Waals surface area contributed by atoms with Crippen LogP contribution < -0.4 is 0 Å². The molecule has 0 radical (unpaired) electrons. The normalized spacial score (nSPS) is 10.1. The van der Waals surface area contributed by atoms with Gasteiger partial charge in [0.2, 0.25) is 0 Å². The number of hydrogen-bond donors (Lipinski definition) is 0. The van der Waals surface area contributed by atoms with Crippen LogP contribution in [-0.2, 0) is 6.42 Å². The summed E-state index contributed by atoms with van der Waals surface area (Å²) in [5, 5.41) is 7.41. The van der Waals surface area contributed by atoms with Crippen molar-refractivity contribution in [1.82, 2.24) is 15.2 Å². The number of hydrogen-bond acceptors (Lipinski definition) is 4. The number of carbonyl (C=O) groups is 1. The number of Topliss-reactive ketones (excluding diaryl/α,β-unsaturated/α-hetero) is 1. The maximum absolute atomic E-state index is 11.2. The lowest BCUT2D eigenvalue weighted by molar-refractivity contribution is 0.101. The highest BCUT2D eigenvalue weighted by Crippen LogP contribution is 2.07. The van der Waals surface area contributed by atoms with E-state index in [1.807, 2.05) is 0 Å². The number of ketones is 1. The third kappa shape index (κ3) is 2.87. The predicted molar refractivity (Wildman–Crippen MR) is 53.1 cm³/mol. The standard InChI is InChI=1S/C10H15N3O/c1-3-4-5-6-9-10(8(2)14)13-12-7-11-9/h7H,3-6H2,1-2H3. The van der Waals surface area contributed by atoms with Gasteiger partial charge in [-0.05, 0) is 12.8 Å². The molecule has 14 heavy (non-hydrogen) atoms. The van der Waals surface area contributed by atoms with Gasteiger partial charge in [0.25, 0.3) is 0 Å². The Bertz CT molecular complexity index is 312. The van der Waals surface area contributed by atoms with Gasteiger partial charge < -0.3 is 0 Å². The average Bonchev–Trinajstić information content (AvgIpc) is 2.19. The first-order chi connectivity index (χ1) is 6.75. The molecule has 0 bridgehead atoms. The molecule has 0 saturated carbocycles. The molecule has 0 saturated heterocycles. The van der Waals surface area contributed by atoms with Gasteiger partial charge in [0.1, 0.15) is 12.0 Å². The lowest BCUT2D eigenvalue weighted by Crippen LogP contribution is -2.07. The molecule has 4 nitrogen and oxygen atoms in total. The molecule has 0 spiro atoms. The van der Waals surface area contributed by atoms with Crippen molar-refractivity contribution >= 4 is 5.78 Å². The zero-order valence-corrected chi connectivity index (χ0v) is 8.66. The van der Waals surface area contributed by atoms with E-state index >= 15 is 0 Å². The molecule has 1 rings (SSSR count). The zero-order chi connectivity index (χ0) is 10.4. The molecule has 0 unspecified atom stereocenters. The monoisotopic (exact) mass is 193 g/mol. The summed E-state index contributed by atoms with van der Waals surface area (Å²) in [6.07, 6.45) is 5.58. The molecule has 1 aromatic rings. The van der Waals surface area contributed by atoms with Crippen molar-refractivity contribution in [2.45, 2.75) is 39.5 Å². The highest BCUT2D eigenvalue weighted by Gasteiger charge is 2.09. The SMILES string of the molecule is CCCCCc1ncnnc1C(C)=O. The van der Waals surface area contributed by atoms with Crippen molar-refractivity contribution in [3.63, 3.8) is 0 Å². The van der Waals surface area contributed by atoms with Gasteiger partial charge in [0.15, 0.2) is 5.78 Å². The molecular weight excluding hydrogens is 178 g/mol. The van der Waals surface area contributed by atoms with Crippen molar-refractivity contribution in [3.8, 4) is 0 Å². The van der Waals surface area contributed by atoms with Crippen LogP contribution in [0.1, 0.15) is 49.3 Å². The van der Waals surface area contributed by atoms with Crippen LogP contribution >= 0.6 is 0 Å². The maximum Gasteiger partial charge on any atom is 0.181 e. The quantitative estimate of drug-likeness (QED) is 0.528. The van der Waals surface area contributed by atoms with Gasteiger partial charge in [-0.2, -0.15) is 0 Å². The predicted octanol–water partition coefficient (Wildman–Crippen LogP) is 1.81. The Kier molecular flexibility index (Phi) is 4.16. The Morgan fingerprint density at radius 3 is 2.86 bits per heavy atom. The topological polar surface area (TPSA) is 55.7 Å². The summed E-state index contributed by atoms with van der Waals surface area (Å²) in [6, 6.07) is 0. The summed E-state index contributed by atoms with van der Waals surface area (Å²) in [5.74, 6) is -0.0582. The summed E-state index contributed by atoms with van der Waals surface area (Å²) in [6.45, 7) is 3.64. The van der Waals surface area contributed by atoms with E-state index in [0.29, 0.717) is 5.69 Å². The third-order valence-electron chi connectivity index (χ3n) is 2.05. The lowest BCUT2D eigenvalue weighted by atomic mass is 10.1. The lowest BCUT2D eigenvalue weighted by Gasteiger charge is -2.02. The van der Waals surface area contributed by atoms with E-state index in [9.17, 15) is 4.79 Å². The summed E-state index contributed by atoms with van der Waals surface area (Å²) in [5.41, 5.74) is 1.20. The van der Waals surface area contributed by atoms with Gasteiger partial charge in [-0.1, -0.05) is 19.8 Å². The van der Waals surface area contributed by atoms with Gasteiger partial charge in [-0.3, -0.25) is 4.79 Å². The van der Waals surface area contributed by atoms with Crippen LogP contribution in [0.4, 0.5) is 0 Å². The second-order valence-electron chi connectivity index (χ2n) is 3.27. The Hall–Kier alpha value is -1.32. The second-order valence-corrected chi connectivity index (χ2v) is 3.27. The maximum atomic E-state index is 11.2. The largest absolute Gasteiger partial charge is 0.293 e. The Balaban J connectivity index is 2.69. The molecular formula is C10H15N3O. The molecule has 0 aromatic carbocycles. The molecule has 0 N–H and O–H groups in total. The molecule has 0 amide bonds. The fourth-order valence-electron chi connectivity index (χ4n) is 1.30. The molecule has 1 aromatic heterocycles. The van der Waals surface area contributed by atoms with Gasteiger partial charge in [-0.15, -0.1) is 10.2 Å². The smallest absolute Gasteiger partial charge is 0.181 e. The Morgan fingerprint density at radius 1 is 1.43 bits per heavy atom. The van der Waals surface area contributed by atoms with Crippen molar-refractivity contribution in [2.75, 3.05) is 0 Å². The van der Waals surface area contributed by atoms with Gasteiger partial charge in [-0.25, -0.2) is 4.98 Å². The van der Waals surface area contributed by atoms with Crippen LogP contribution in [-0.4, -0.2) is 21.0 Å². The number of aromatic nitrogens is 3. The minimum absolute atomic E-state index is 0.0582. The van der Waals surface area contributed by atoms with Crippen molar-refractivity contribution in [3.05, 3.63) is 17.7 Å². The zero-order valence-electron chi connectivity index (χ0n) is 8.66. The minimum Gasteiger partial charge on any atom is -0.293 e. The summed E-state index contributed by atoms with van der Waals surface area (Å²) in [4.78, 5) is 15.2. The molecule has 0 aliphatic rings. The molecule has 0 fully saturated rings. The van der Waals surface area contributed by atoms with Gasteiger partial charge in [0.05, 0.1) is 5.69 Å². The fourth-order valence-corrected chi connectivity index (χ4v) is 1.30. The number of aryl methyl sites for hydroxylation is 1. The Labute approximate surface area is 83.8 Å². The number of unbranched alkanes of at least 4 members (excludes halogenated alkanes) is 2. The summed E-state index contributed by atoms with van der Waals surface area (Å²) < 4.78 is 0. The highest BCUT2D eigenvalue weighted by molar-refractivity contribution is 5.92. The van der Waals surface area contributed by atoms with Crippen LogP contribution in [0.5, 0.6) is 0 Å². The van der Waals surface area contributed by atoms with E-state index in [2.05, 4.69) is 22.1 Å². The van der Waals surface area contributed by atoms with Crippen molar-refractivity contribution < 1.29 is 4.79 Å². The first-order valence-electron chi connectivity index (χ1n) is 4.93. The molecule has 0 aliphatic heterocycles. The second kappa shape index (κ2) is 5.42. The van der Waals surface area contributed by atoms with E-state index in [1.54, 1.807) is 0 Å². The molecule has 0 atom stereocenters. The number of carbonyl (C=O) groups excluding carboxylic acids is 1. The van der Waals surface area contributed by atoms with Crippen LogP contribution in [0.2, 0.25) is 0 Å². The van der Waals surface area contributed by atoms with E-state index < -0.39 is 0 Å². The molecule has 76 valence electrons. The molecule has 1 heterocycles. The van der Waals surface area contributed by atoms with E-state index in [1.165, 1.54) is 13.3 Å². The first-order valence-corrected chi connectivity index (χ1v) is 4.93. The third-order valence-corrected chi connectivity index (χ3v) is 2.05. The summed E-state index contributed by atoms with van der Waals surface area (Å²) >= 11 is 0. The van der Waals surface area contributed by atoms with E-state index in [4.69, 9.17) is 0 Å². The van der Waals surface area contributed by atoms with Gasteiger partial charge >= 0.3 is 0 Å². The van der Waals surface area contributed by atoms with Crippen molar-refractivity contribution in [2.24, 2.45) is 0 Å². The Morgan fingerprint density at radius 2 is 2.21 bits per heavy atom. The van der Waals surface area contributed by atoms with Crippen LogP contribution in [0, 0.1) is 0 Å². The average molecular weight is 193 g/mol. The van der Waals surface area contributed by atoms with E-state index in [-0.39, 0.29) is 5.78 Å². The fraction of sp³-hybridized carbons (Fsp3) is 0.600. The minimum atomic E-state index is -0.0582. The van der Waals surface area contributed by atoms with E-state index in [0.717, 1.165) is 31.4 Å². The molecule has 4 heteroatoms. The highest BCUT2D eigenvalue weighted by atomic mass is 16.1. The number of nitrogens with zero attached hydrogens (tertiary/aromatic N) is 3. The van der Waals surface area contributed by atoms with Crippen molar-refractivity contribution in [1.29, 1.82) is 0 Å². The molecule has 0 aliphatic carbocycles. The van der Waals surface area contributed by atoms with Crippen LogP contribution in [0.3, 0.4) is 0 Å². The number of rotatable bonds is 5. The van der Waals surface area contributed by atoms with Crippen LogP contribution in [0.25, 0.3) is 0 Å². The van der Waals surface area contributed by atoms with Gasteiger partial charge in [0, 0.05) is 6.92 Å². The van der Waals surface area contributed by atoms with Crippen LogP contribution in [0.15, 0.2) is 6.33 Å². The first kappa shape index (κ1) is 10.8. The summed E-state index contributed by atoms with van der Waals surface area (Å²) in [7, 11) is 0.